The molecule has 114 valence electrons. The van der Waals surface area contributed by atoms with Gasteiger partial charge in [-0.1, -0.05) is 13.0 Å². The van der Waals surface area contributed by atoms with E-state index in [0.717, 1.165) is 18.9 Å². The van der Waals surface area contributed by atoms with Gasteiger partial charge in [0, 0.05) is 19.1 Å². The number of nitrogens with zero attached hydrogens (tertiary/aromatic N) is 1. The summed E-state index contributed by atoms with van der Waals surface area (Å²) in [6.07, 6.45) is 1.78. The highest BCUT2D eigenvalue weighted by atomic mass is 35.5. The first kappa shape index (κ1) is 17.4. The van der Waals surface area contributed by atoms with Crippen molar-refractivity contribution in [3.05, 3.63) is 30.1 Å². The second-order valence-electron chi connectivity index (χ2n) is 5.00. The van der Waals surface area contributed by atoms with Crippen molar-refractivity contribution >= 4 is 22.4 Å². The van der Waals surface area contributed by atoms with Gasteiger partial charge in [-0.3, -0.25) is 0 Å². The summed E-state index contributed by atoms with van der Waals surface area (Å²) in [4.78, 5) is 0.0000463. The molecule has 1 saturated heterocycles. The Morgan fingerprint density at radius 1 is 1.45 bits per heavy atom. The Labute approximate surface area is 125 Å². The van der Waals surface area contributed by atoms with Crippen molar-refractivity contribution in [1.82, 2.24) is 4.31 Å². The SMILES string of the molecule is CC1CCCN(S(=O)(=O)c2cccc(F)c2)C1CN.Cl. The lowest BCUT2D eigenvalue weighted by Crippen LogP contribution is -2.51. The van der Waals surface area contributed by atoms with Crippen molar-refractivity contribution in [3.63, 3.8) is 0 Å². The maximum atomic E-state index is 13.2. The molecule has 1 fully saturated rings. The van der Waals surface area contributed by atoms with Crippen LogP contribution < -0.4 is 5.73 Å². The van der Waals surface area contributed by atoms with Crippen molar-refractivity contribution < 1.29 is 12.8 Å². The molecule has 2 rings (SSSR count). The first-order valence-corrected chi connectivity index (χ1v) is 7.88. The normalized spacial score (nSPS) is 24.1. The zero-order chi connectivity index (χ0) is 14.0. The van der Waals surface area contributed by atoms with Gasteiger partial charge in [-0.2, -0.15) is 4.31 Å². The van der Waals surface area contributed by atoms with Crippen LogP contribution in [-0.4, -0.2) is 31.9 Å². The number of rotatable bonds is 3. The molecule has 1 aliphatic rings. The highest BCUT2D eigenvalue weighted by Gasteiger charge is 2.36. The van der Waals surface area contributed by atoms with Gasteiger partial charge < -0.3 is 5.73 Å². The summed E-state index contributed by atoms with van der Waals surface area (Å²) in [5.74, 6) is -0.322. The molecule has 1 aliphatic heterocycles. The molecule has 1 aromatic rings. The second-order valence-corrected chi connectivity index (χ2v) is 6.89. The van der Waals surface area contributed by atoms with E-state index in [9.17, 15) is 12.8 Å². The predicted octanol–water partition coefficient (Wildman–Crippen LogP) is 2.00. The Morgan fingerprint density at radius 2 is 2.15 bits per heavy atom. The highest BCUT2D eigenvalue weighted by Crippen LogP contribution is 2.28. The molecular formula is C13H20ClFN2O2S. The van der Waals surface area contributed by atoms with Gasteiger partial charge in [0.25, 0.3) is 0 Å². The van der Waals surface area contributed by atoms with E-state index in [-0.39, 0.29) is 35.8 Å². The third kappa shape index (κ3) is 3.31. The van der Waals surface area contributed by atoms with Gasteiger partial charge in [0.05, 0.1) is 4.90 Å². The van der Waals surface area contributed by atoms with Crippen LogP contribution in [0.4, 0.5) is 4.39 Å². The van der Waals surface area contributed by atoms with Gasteiger partial charge in [-0.05, 0) is 37.0 Å². The molecule has 20 heavy (non-hydrogen) atoms. The summed E-state index contributed by atoms with van der Waals surface area (Å²) >= 11 is 0. The third-order valence-electron chi connectivity index (χ3n) is 3.71. The Kier molecular flexibility index (Phi) is 5.94. The lowest BCUT2D eigenvalue weighted by molar-refractivity contribution is 0.192. The van der Waals surface area contributed by atoms with Gasteiger partial charge >= 0.3 is 0 Å². The molecule has 1 aromatic carbocycles. The van der Waals surface area contributed by atoms with Crippen LogP contribution in [0.15, 0.2) is 29.2 Å². The van der Waals surface area contributed by atoms with Crippen LogP contribution in [0.1, 0.15) is 19.8 Å². The molecule has 2 atom stereocenters. The number of hydrogen-bond acceptors (Lipinski definition) is 3. The molecule has 2 N–H and O–H groups in total. The van der Waals surface area contributed by atoms with Gasteiger partial charge in [0.1, 0.15) is 5.82 Å². The van der Waals surface area contributed by atoms with E-state index in [1.54, 1.807) is 0 Å². The maximum absolute atomic E-state index is 13.2. The minimum Gasteiger partial charge on any atom is -0.329 e. The summed E-state index contributed by atoms with van der Waals surface area (Å²) in [6, 6.07) is 4.92. The zero-order valence-electron chi connectivity index (χ0n) is 11.3. The van der Waals surface area contributed by atoms with Crippen LogP contribution in [0.25, 0.3) is 0 Å². The fourth-order valence-electron chi connectivity index (χ4n) is 2.62. The number of piperidine rings is 1. The van der Waals surface area contributed by atoms with E-state index in [2.05, 4.69) is 0 Å². The van der Waals surface area contributed by atoms with Crippen LogP contribution in [0.3, 0.4) is 0 Å². The molecule has 0 aromatic heterocycles. The van der Waals surface area contributed by atoms with Gasteiger partial charge in [0.15, 0.2) is 0 Å². The summed E-state index contributed by atoms with van der Waals surface area (Å²) in [5, 5.41) is 0. The van der Waals surface area contributed by atoms with Crippen LogP contribution in [0.5, 0.6) is 0 Å². The summed E-state index contributed by atoms with van der Waals surface area (Å²) < 4.78 is 39.8. The molecular weight excluding hydrogens is 303 g/mol. The van der Waals surface area contributed by atoms with Crippen molar-refractivity contribution in [3.8, 4) is 0 Å². The highest BCUT2D eigenvalue weighted by molar-refractivity contribution is 7.89. The standard InChI is InChI=1S/C13H19FN2O2S.ClH/c1-10-4-3-7-16(13(10)9-15)19(17,18)12-6-2-5-11(14)8-12;/h2,5-6,8,10,13H,3-4,7,9,15H2,1H3;1H. The van der Waals surface area contributed by atoms with Crippen LogP contribution in [-0.2, 0) is 10.0 Å². The van der Waals surface area contributed by atoms with Crippen LogP contribution in [0, 0.1) is 11.7 Å². The molecule has 0 aliphatic carbocycles. The van der Waals surface area contributed by atoms with Crippen molar-refractivity contribution in [2.24, 2.45) is 11.7 Å². The fraction of sp³-hybridized carbons (Fsp3) is 0.538. The minimum absolute atomic E-state index is 0. The Bertz CT molecular complexity index is 553. The molecule has 0 spiro atoms. The van der Waals surface area contributed by atoms with Crippen molar-refractivity contribution in [2.75, 3.05) is 13.1 Å². The van der Waals surface area contributed by atoms with Crippen molar-refractivity contribution in [1.29, 1.82) is 0 Å². The van der Waals surface area contributed by atoms with E-state index < -0.39 is 15.8 Å². The molecule has 4 nitrogen and oxygen atoms in total. The molecule has 7 heteroatoms. The summed E-state index contributed by atoms with van der Waals surface area (Å²) in [5.41, 5.74) is 5.71. The van der Waals surface area contributed by atoms with E-state index >= 15 is 0 Å². The largest absolute Gasteiger partial charge is 0.329 e. The molecule has 1 heterocycles. The number of hydrogen-bond donors (Lipinski definition) is 1. The quantitative estimate of drug-likeness (QED) is 0.925. The lowest BCUT2D eigenvalue weighted by Gasteiger charge is -2.38. The van der Waals surface area contributed by atoms with Crippen LogP contribution in [0.2, 0.25) is 0 Å². The summed E-state index contributed by atoms with van der Waals surface area (Å²) in [7, 11) is -3.67. The second kappa shape index (κ2) is 6.85. The van der Waals surface area contributed by atoms with E-state index in [0.29, 0.717) is 6.54 Å². The number of sulfonamides is 1. The van der Waals surface area contributed by atoms with E-state index in [1.165, 1.54) is 22.5 Å². The van der Waals surface area contributed by atoms with Crippen LogP contribution >= 0.6 is 12.4 Å². The average molecular weight is 323 g/mol. The summed E-state index contributed by atoms with van der Waals surface area (Å²) in [6.45, 7) is 2.74. The Balaban J connectivity index is 0.00000200. The number of benzene rings is 1. The molecule has 0 saturated carbocycles. The lowest BCUT2D eigenvalue weighted by atomic mass is 9.93. The molecule has 0 radical (unpaired) electrons. The Hall–Kier alpha value is -0.690. The number of nitrogens with two attached hydrogens (primary N) is 1. The van der Waals surface area contributed by atoms with Gasteiger partial charge in [0.2, 0.25) is 10.0 Å². The minimum atomic E-state index is -3.67. The van der Waals surface area contributed by atoms with Gasteiger partial charge in [-0.25, -0.2) is 12.8 Å². The van der Waals surface area contributed by atoms with E-state index in [4.69, 9.17) is 5.73 Å². The predicted molar refractivity (Wildman–Crippen MR) is 78.8 cm³/mol. The first-order valence-electron chi connectivity index (χ1n) is 6.44. The molecule has 0 amide bonds. The molecule has 2 unspecified atom stereocenters. The van der Waals surface area contributed by atoms with Crippen molar-refractivity contribution in [2.45, 2.75) is 30.7 Å². The number of halogens is 2. The fourth-order valence-corrected chi connectivity index (χ4v) is 4.42. The topological polar surface area (TPSA) is 63.4 Å². The van der Waals surface area contributed by atoms with Gasteiger partial charge in [-0.15, -0.1) is 12.4 Å². The Morgan fingerprint density at radius 3 is 2.75 bits per heavy atom. The third-order valence-corrected chi connectivity index (χ3v) is 5.63. The smallest absolute Gasteiger partial charge is 0.243 e. The van der Waals surface area contributed by atoms with E-state index in [1.807, 2.05) is 6.92 Å². The average Bonchev–Trinajstić information content (AvgIpc) is 2.38. The first-order chi connectivity index (χ1) is 8.96. The zero-order valence-corrected chi connectivity index (χ0v) is 13.0. The maximum Gasteiger partial charge on any atom is 0.243 e. The molecule has 0 bridgehead atoms. The monoisotopic (exact) mass is 322 g/mol.